The first kappa shape index (κ1) is 16.6. The van der Waals surface area contributed by atoms with Gasteiger partial charge in [-0.15, -0.1) is 10.2 Å². The number of hydrogen-bond acceptors (Lipinski definition) is 6. The summed E-state index contributed by atoms with van der Waals surface area (Å²) in [4.78, 5) is 3.89. The van der Waals surface area contributed by atoms with Gasteiger partial charge in [-0.1, -0.05) is 11.3 Å². The number of halogens is 2. The van der Waals surface area contributed by atoms with Crippen molar-refractivity contribution < 1.29 is 9.41 Å². The van der Waals surface area contributed by atoms with Crippen LogP contribution in [-0.4, -0.2) is 57.4 Å². The van der Waals surface area contributed by atoms with Crippen LogP contribution in [0.25, 0.3) is 0 Å². The van der Waals surface area contributed by atoms with E-state index in [1.807, 2.05) is 23.7 Å². The molecule has 122 valence electrons. The first-order valence-corrected chi connectivity index (χ1v) is 9.13. The fraction of sp³-hybridized carbons (Fsp3) is 0.846. The highest BCUT2D eigenvalue weighted by Crippen LogP contribution is 2.53. The average molecular weight is 391 g/mol. The molecular weight excluding hydrogens is 370 g/mol. The number of rotatable bonds is 3. The van der Waals surface area contributed by atoms with Crippen LogP contribution in [0.3, 0.4) is 0 Å². The van der Waals surface area contributed by atoms with Crippen molar-refractivity contribution in [3.63, 3.8) is 0 Å². The number of hydrogen-bond donors (Lipinski definition) is 1. The van der Waals surface area contributed by atoms with E-state index in [4.69, 9.17) is 0 Å². The summed E-state index contributed by atoms with van der Waals surface area (Å²) < 4.78 is 16.1. The molecule has 2 fully saturated rings. The maximum absolute atomic E-state index is 15.4. The molecule has 3 rings (SSSR count). The Morgan fingerprint density at radius 2 is 2.14 bits per heavy atom. The van der Waals surface area contributed by atoms with Crippen molar-refractivity contribution in [2.75, 3.05) is 11.9 Å². The van der Waals surface area contributed by atoms with Crippen LogP contribution >= 0.6 is 27.3 Å². The molecular formula is C13H21BBrFN4OS. The number of alkyl halides is 1. The summed E-state index contributed by atoms with van der Waals surface area (Å²) >= 11 is 4.72. The second-order valence-corrected chi connectivity index (χ2v) is 9.21. The quantitative estimate of drug-likeness (QED) is 0.803. The van der Waals surface area contributed by atoms with Crippen molar-refractivity contribution in [2.24, 2.45) is 0 Å². The van der Waals surface area contributed by atoms with Gasteiger partial charge in [0, 0.05) is 18.1 Å². The van der Waals surface area contributed by atoms with E-state index in [0.717, 1.165) is 18.0 Å². The summed E-state index contributed by atoms with van der Waals surface area (Å²) in [6, 6.07) is -0.257. The molecule has 0 aliphatic carbocycles. The van der Waals surface area contributed by atoms with Crippen LogP contribution in [0, 0.1) is 0 Å². The van der Waals surface area contributed by atoms with Gasteiger partial charge in [0.2, 0.25) is 5.13 Å². The maximum Gasteiger partial charge on any atom is 0.377 e. The zero-order valence-corrected chi connectivity index (χ0v) is 15.7. The third-order valence-corrected chi connectivity index (χ3v) is 6.89. The lowest BCUT2D eigenvalue weighted by Crippen LogP contribution is -2.70. The van der Waals surface area contributed by atoms with Crippen LogP contribution in [-0.2, 0) is 0 Å². The molecule has 2 aliphatic rings. The molecule has 0 spiro atoms. The molecule has 3 heterocycles. The van der Waals surface area contributed by atoms with Gasteiger partial charge in [0.25, 0.3) is 0 Å². The van der Waals surface area contributed by atoms with E-state index >= 15 is 4.39 Å². The largest absolute Gasteiger partial charge is 0.437 e. The summed E-state index contributed by atoms with van der Waals surface area (Å²) in [7, 11) is 1.24. The number of nitrogens with zero attached hydrogens (tertiary/aromatic N) is 4. The number of aromatic nitrogens is 2. The Balaban J connectivity index is 1.93. The van der Waals surface area contributed by atoms with Gasteiger partial charge in [0.05, 0.1) is 6.04 Å². The van der Waals surface area contributed by atoms with Crippen LogP contribution in [0.5, 0.6) is 0 Å². The van der Waals surface area contributed by atoms with Crippen molar-refractivity contribution in [1.29, 1.82) is 0 Å². The minimum atomic E-state index is -1.05. The zero-order valence-electron chi connectivity index (χ0n) is 13.3. The van der Waals surface area contributed by atoms with Crippen molar-refractivity contribution in [3.05, 3.63) is 3.92 Å². The molecule has 0 unspecified atom stereocenters. The van der Waals surface area contributed by atoms with E-state index in [-0.39, 0.29) is 11.6 Å². The molecule has 0 aromatic carbocycles. The third-order valence-electron chi connectivity index (χ3n) is 5.44. The molecule has 0 amide bonds. The standard InChI is InChI=1S/C13H21BBrFN4OS/c1-12-5-6-13(2,20(12)14(3)21)9(16)8(7-12)19(4)11-18-17-10(15)22-11/h8-9,21H,5-7H2,1-4H3/t8-,9-,12-,13+/m0/s1. The van der Waals surface area contributed by atoms with Crippen LogP contribution in [0.2, 0.25) is 6.82 Å². The first-order valence-electron chi connectivity index (χ1n) is 7.52. The molecule has 0 radical (unpaired) electrons. The fourth-order valence-corrected chi connectivity index (χ4v) is 5.62. The Kier molecular flexibility index (Phi) is 4.07. The van der Waals surface area contributed by atoms with Crippen molar-refractivity contribution in [1.82, 2.24) is 15.0 Å². The Labute approximate surface area is 143 Å². The topological polar surface area (TPSA) is 52.5 Å². The van der Waals surface area contributed by atoms with Crippen LogP contribution < -0.4 is 4.90 Å². The summed E-state index contributed by atoms with van der Waals surface area (Å²) in [5.74, 6) is 0. The molecule has 22 heavy (non-hydrogen) atoms. The number of anilines is 1. The average Bonchev–Trinajstić information content (AvgIpc) is 2.95. The second-order valence-electron chi connectivity index (χ2n) is 6.98. The predicted molar refractivity (Wildman–Crippen MR) is 91.0 cm³/mol. The fourth-order valence-electron chi connectivity index (χ4n) is 4.51. The zero-order chi connectivity index (χ0) is 16.3. The highest BCUT2D eigenvalue weighted by atomic mass is 79.9. The lowest BCUT2D eigenvalue weighted by atomic mass is 9.69. The Morgan fingerprint density at radius 3 is 2.68 bits per heavy atom. The van der Waals surface area contributed by atoms with Crippen LogP contribution in [0.1, 0.15) is 33.1 Å². The molecule has 1 aromatic rings. The Hall–Kier alpha value is -0.245. The highest BCUT2D eigenvalue weighted by Gasteiger charge is 2.63. The lowest BCUT2D eigenvalue weighted by Gasteiger charge is -2.55. The predicted octanol–water partition coefficient (Wildman–Crippen LogP) is 2.57. The summed E-state index contributed by atoms with van der Waals surface area (Å²) in [5.41, 5.74) is -0.825. The van der Waals surface area contributed by atoms with Gasteiger partial charge in [-0.2, -0.15) is 0 Å². The van der Waals surface area contributed by atoms with E-state index in [9.17, 15) is 5.02 Å². The molecule has 9 heteroatoms. The van der Waals surface area contributed by atoms with Gasteiger partial charge in [-0.05, 0) is 55.9 Å². The monoisotopic (exact) mass is 390 g/mol. The van der Waals surface area contributed by atoms with Gasteiger partial charge in [-0.3, -0.25) is 0 Å². The summed E-state index contributed by atoms with van der Waals surface area (Å²) in [6.07, 6.45) is 1.28. The normalized spacial score (nSPS) is 38.3. The van der Waals surface area contributed by atoms with Gasteiger partial charge in [0.1, 0.15) is 6.17 Å². The van der Waals surface area contributed by atoms with Crippen LogP contribution in [0.15, 0.2) is 3.92 Å². The van der Waals surface area contributed by atoms with Gasteiger partial charge >= 0.3 is 7.05 Å². The second kappa shape index (κ2) is 5.39. The third kappa shape index (κ3) is 2.32. The molecule has 2 bridgehead atoms. The van der Waals surface area contributed by atoms with E-state index in [0.29, 0.717) is 10.3 Å². The Morgan fingerprint density at radius 1 is 1.45 bits per heavy atom. The van der Waals surface area contributed by atoms with Gasteiger partial charge < -0.3 is 14.7 Å². The minimum Gasteiger partial charge on any atom is -0.437 e. The van der Waals surface area contributed by atoms with E-state index in [1.165, 1.54) is 11.3 Å². The highest BCUT2D eigenvalue weighted by molar-refractivity contribution is 9.11. The number of fused-ring (bicyclic) bond motifs is 2. The minimum absolute atomic E-state index is 0.188. The van der Waals surface area contributed by atoms with Crippen molar-refractivity contribution >= 4 is 39.4 Å². The molecule has 1 N–H and O–H groups in total. The maximum atomic E-state index is 15.4. The van der Waals surface area contributed by atoms with Crippen molar-refractivity contribution in [3.8, 4) is 0 Å². The first-order chi connectivity index (χ1) is 10.2. The SMILES string of the molecule is CB(O)N1[C@@]2(C)CC[C@]1(C)[C@@H](F)[C@@H](N(C)c1nnc(Br)s1)C2. The molecule has 2 saturated heterocycles. The van der Waals surface area contributed by atoms with Crippen molar-refractivity contribution in [2.45, 2.75) is 63.2 Å². The van der Waals surface area contributed by atoms with E-state index in [1.54, 1.807) is 6.82 Å². The number of piperidine rings is 1. The molecule has 5 nitrogen and oxygen atoms in total. The van der Waals surface area contributed by atoms with Gasteiger partial charge in [0.15, 0.2) is 3.92 Å². The van der Waals surface area contributed by atoms with E-state index in [2.05, 4.69) is 33.1 Å². The lowest BCUT2D eigenvalue weighted by molar-refractivity contribution is -0.00669. The summed E-state index contributed by atoms with van der Waals surface area (Å²) in [6.45, 7) is 5.81. The van der Waals surface area contributed by atoms with Crippen LogP contribution in [0.4, 0.5) is 9.52 Å². The molecule has 2 aliphatic heterocycles. The molecule has 4 atom stereocenters. The summed E-state index contributed by atoms with van der Waals surface area (Å²) in [5, 5.41) is 19.0. The molecule has 1 aromatic heterocycles. The Bertz CT molecular complexity index is 578. The smallest absolute Gasteiger partial charge is 0.377 e. The van der Waals surface area contributed by atoms with E-state index < -0.39 is 18.8 Å². The molecule has 0 saturated carbocycles. The van der Waals surface area contributed by atoms with Gasteiger partial charge in [-0.25, -0.2) is 4.39 Å².